The lowest BCUT2D eigenvalue weighted by Gasteiger charge is -2.33. The van der Waals surface area contributed by atoms with Crippen molar-refractivity contribution in [3.05, 3.63) is 29.3 Å². The minimum Gasteiger partial charge on any atom is -0.478 e. The van der Waals surface area contributed by atoms with Gasteiger partial charge in [-0.2, -0.15) is 0 Å². The average Bonchev–Trinajstić information content (AvgIpc) is 2.46. The molecule has 21 heavy (non-hydrogen) atoms. The molecule has 1 unspecified atom stereocenters. The molecule has 1 fully saturated rings. The molecule has 0 radical (unpaired) electrons. The number of benzene rings is 1. The monoisotopic (exact) mass is 290 g/mol. The number of piperidine rings is 1. The zero-order valence-electron chi connectivity index (χ0n) is 13.1. The molecule has 116 valence electrons. The Bertz CT molecular complexity index is 488. The molecule has 1 aromatic carbocycles. The van der Waals surface area contributed by atoms with Crippen LogP contribution in [0.3, 0.4) is 0 Å². The Labute approximate surface area is 127 Å². The fraction of sp³-hybridized carbons (Fsp3) is 0.588. The molecular formula is C17H26N2O2. The van der Waals surface area contributed by atoms with Gasteiger partial charge in [-0.3, -0.25) is 0 Å². The summed E-state index contributed by atoms with van der Waals surface area (Å²) in [5.74, 6) is -0.870. The summed E-state index contributed by atoms with van der Waals surface area (Å²) in [6, 6.07) is 6.22. The van der Waals surface area contributed by atoms with E-state index in [1.165, 1.54) is 25.8 Å². The van der Waals surface area contributed by atoms with Gasteiger partial charge in [0.2, 0.25) is 0 Å². The predicted molar refractivity (Wildman–Crippen MR) is 86.1 cm³/mol. The van der Waals surface area contributed by atoms with E-state index in [2.05, 4.69) is 17.1 Å². The highest BCUT2D eigenvalue weighted by Gasteiger charge is 2.17. The van der Waals surface area contributed by atoms with Crippen LogP contribution >= 0.6 is 0 Å². The highest BCUT2D eigenvalue weighted by molar-refractivity contribution is 5.94. The summed E-state index contributed by atoms with van der Waals surface area (Å²) in [6.45, 7) is 7.31. The summed E-state index contributed by atoms with van der Waals surface area (Å²) < 4.78 is 0. The molecule has 1 saturated heterocycles. The van der Waals surface area contributed by atoms with Crippen molar-refractivity contribution in [2.75, 3.05) is 25.0 Å². The summed E-state index contributed by atoms with van der Waals surface area (Å²) in [5, 5.41) is 12.5. The van der Waals surface area contributed by atoms with Crippen LogP contribution in [0, 0.1) is 6.92 Å². The first kappa shape index (κ1) is 15.8. The number of aryl methyl sites for hydroxylation is 1. The van der Waals surface area contributed by atoms with Crippen LogP contribution in [-0.2, 0) is 0 Å². The van der Waals surface area contributed by atoms with E-state index in [4.69, 9.17) is 0 Å². The molecule has 0 bridgehead atoms. The van der Waals surface area contributed by atoms with Crippen molar-refractivity contribution in [1.82, 2.24) is 4.90 Å². The molecule has 1 aliphatic heterocycles. The van der Waals surface area contributed by atoms with Crippen LogP contribution in [0.25, 0.3) is 0 Å². The Morgan fingerprint density at radius 3 is 2.95 bits per heavy atom. The molecule has 1 atom stereocenters. The van der Waals surface area contributed by atoms with E-state index in [0.29, 0.717) is 11.6 Å². The van der Waals surface area contributed by atoms with Crippen molar-refractivity contribution in [3.8, 4) is 0 Å². The van der Waals surface area contributed by atoms with Gasteiger partial charge in [-0.15, -0.1) is 0 Å². The van der Waals surface area contributed by atoms with E-state index >= 15 is 0 Å². The molecule has 1 aliphatic rings. The topological polar surface area (TPSA) is 52.6 Å². The second-order valence-corrected chi connectivity index (χ2v) is 6.02. The maximum Gasteiger partial charge on any atom is 0.337 e. The van der Waals surface area contributed by atoms with Crippen molar-refractivity contribution >= 4 is 11.7 Å². The fourth-order valence-corrected chi connectivity index (χ4v) is 2.98. The molecular weight excluding hydrogens is 264 g/mol. The number of hydrogen-bond donors (Lipinski definition) is 2. The maximum atomic E-state index is 11.2. The first-order valence-corrected chi connectivity index (χ1v) is 7.90. The molecule has 1 heterocycles. The number of anilines is 1. The largest absolute Gasteiger partial charge is 0.478 e. The number of nitrogens with zero attached hydrogens (tertiary/aromatic N) is 1. The van der Waals surface area contributed by atoms with Gasteiger partial charge in [-0.1, -0.05) is 18.1 Å². The molecule has 2 rings (SSSR count). The summed E-state index contributed by atoms with van der Waals surface area (Å²) >= 11 is 0. The third-order valence-corrected chi connectivity index (χ3v) is 4.28. The average molecular weight is 290 g/mol. The lowest BCUT2D eigenvalue weighted by atomic mass is 10.0. The third-order valence-electron chi connectivity index (χ3n) is 4.28. The van der Waals surface area contributed by atoms with Crippen molar-refractivity contribution in [2.24, 2.45) is 0 Å². The van der Waals surface area contributed by atoms with Gasteiger partial charge in [0.1, 0.15) is 0 Å². The second kappa shape index (κ2) is 7.46. The number of carbonyl (C=O) groups is 1. The van der Waals surface area contributed by atoms with Gasteiger partial charge in [0.25, 0.3) is 0 Å². The van der Waals surface area contributed by atoms with E-state index < -0.39 is 5.97 Å². The molecule has 4 nitrogen and oxygen atoms in total. The fourth-order valence-electron chi connectivity index (χ4n) is 2.98. The number of nitrogens with one attached hydrogen (secondary N) is 1. The Balaban J connectivity index is 1.82. The normalized spacial score (nSPS) is 19.4. The van der Waals surface area contributed by atoms with Gasteiger partial charge in [0.15, 0.2) is 0 Å². The van der Waals surface area contributed by atoms with Crippen molar-refractivity contribution in [2.45, 2.75) is 45.6 Å². The standard InChI is InChI=1S/C17H26N2O2/c1-13-7-8-16(15(12-13)17(20)21)18-9-5-11-19-10-4-3-6-14(19)2/h7-8,12,14,18H,3-6,9-11H2,1-2H3,(H,20,21). The molecule has 2 N–H and O–H groups in total. The van der Waals surface area contributed by atoms with Gasteiger partial charge in [0, 0.05) is 24.8 Å². The second-order valence-electron chi connectivity index (χ2n) is 6.02. The maximum absolute atomic E-state index is 11.2. The summed E-state index contributed by atoms with van der Waals surface area (Å²) in [7, 11) is 0. The first-order chi connectivity index (χ1) is 10.1. The summed E-state index contributed by atoms with van der Waals surface area (Å²) in [4.78, 5) is 13.8. The van der Waals surface area contributed by atoms with E-state index in [1.807, 2.05) is 19.1 Å². The van der Waals surface area contributed by atoms with Crippen molar-refractivity contribution in [3.63, 3.8) is 0 Å². The van der Waals surface area contributed by atoms with Gasteiger partial charge >= 0.3 is 5.97 Å². The van der Waals surface area contributed by atoms with Crippen molar-refractivity contribution < 1.29 is 9.90 Å². The smallest absolute Gasteiger partial charge is 0.337 e. The van der Waals surface area contributed by atoms with Crippen LogP contribution in [0.1, 0.15) is 48.5 Å². The number of carboxylic acid groups (broad SMARTS) is 1. The minimum absolute atomic E-state index is 0.362. The number of carboxylic acids is 1. The van der Waals surface area contributed by atoms with Gasteiger partial charge in [0.05, 0.1) is 5.56 Å². The van der Waals surface area contributed by atoms with E-state index in [-0.39, 0.29) is 0 Å². The quantitative estimate of drug-likeness (QED) is 0.789. The number of hydrogen-bond acceptors (Lipinski definition) is 3. The summed E-state index contributed by atoms with van der Waals surface area (Å²) in [5.41, 5.74) is 2.06. The Morgan fingerprint density at radius 2 is 2.24 bits per heavy atom. The first-order valence-electron chi connectivity index (χ1n) is 7.90. The van der Waals surface area contributed by atoms with Crippen LogP contribution in [0.15, 0.2) is 18.2 Å². The predicted octanol–water partition coefficient (Wildman–Crippen LogP) is 3.37. The van der Waals surface area contributed by atoms with Crippen LogP contribution < -0.4 is 5.32 Å². The van der Waals surface area contributed by atoms with Crippen molar-refractivity contribution in [1.29, 1.82) is 0 Å². The SMILES string of the molecule is Cc1ccc(NCCCN2CCCCC2C)c(C(=O)O)c1. The van der Waals surface area contributed by atoms with Gasteiger partial charge in [-0.25, -0.2) is 4.79 Å². The zero-order valence-corrected chi connectivity index (χ0v) is 13.1. The number of aromatic carboxylic acids is 1. The molecule has 0 aromatic heterocycles. The van der Waals surface area contributed by atoms with Crippen LogP contribution in [0.5, 0.6) is 0 Å². The van der Waals surface area contributed by atoms with Gasteiger partial charge in [-0.05, 0) is 51.8 Å². The third kappa shape index (κ3) is 4.46. The Hall–Kier alpha value is -1.55. The lowest BCUT2D eigenvalue weighted by molar-refractivity contribution is 0.0698. The molecule has 0 amide bonds. The van der Waals surface area contributed by atoms with E-state index in [1.54, 1.807) is 6.07 Å². The van der Waals surface area contributed by atoms with Crippen LogP contribution in [0.2, 0.25) is 0 Å². The minimum atomic E-state index is -0.870. The number of likely N-dealkylation sites (tertiary alicyclic amines) is 1. The van der Waals surface area contributed by atoms with Crippen LogP contribution in [-0.4, -0.2) is 41.7 Å². The molecule has 0 aliphatic carbocycles. The van der Waals surface area contributed by atoms with E-state index in [0.717, 1.165) is 30.8 Å². The summed E-state index contributed by atoms with van der Waals surface area (Å²) in [6.07, 6.45) is 4.99. The zero-order chi connectivity index (χ0) is 15.2. The molecule has 0 saturated carbocycles. The number of rotatable bonds is 6. The Morgan fingerprint density at radius 1 is 1.43 bits per heavy atom. The van der Waals surface area contributed by atoms with E-state index in [9.17, 15) is 9.90 Å². The molecule has 1 aromatic rings. The van der Waals surface area contributed by atoms with Crippen LogP contribution in [0.4, 0.5) is 5.69 Å². The Kier molecular flexibility index (Phi) is 5.62. The highest BCUT2D eigenvalue weighted by Crippen LogP contribution is 2.18. The highest BCUT2D eigenvalue weighted by atomic mass is 16.4. The molecule has 0 spiro atoms. The van der Waals surface area contributed by atoms with Gasteiger partial charge < -0.3 is 15.3 Å². The lowest BCUT2D eigenvalue weighted by Crippen LogP contribution is -2.38. The molecule has 4 heteroatoms.